The van der Waals surface area contributed by atoms with Gasteiger partial charge in [0.2, 0.25) is 9.84 Å². The number of sulfone groups is 1. The summed E-state index contributed by atoms with van der Waals surface area (Å²) in [5, 5.41) is 14.0. The molecule has 2 N–H and O–H groups in total. The summed E-state index contributed by atoms with van der Waals surface area (Å²) >= 11 is 5.95. The fourth-order valence-electron chi connectivity index (χ4n) is 3.03. The molecule has 5 nitrogen and oxygen atoms in total. The van der Waals surface area contributed by atoms with Crippen LogP contribution in [0.1, 0.15) is 17.2 Å². The van der Waals surface area contributed by atoms with Crippen molar-refractivity contribution in [3.8, 4) is 5.75 Å². The highest BCUT2D eigenvalue weighted by Crippen LogP contribution is 2.23. The predicted molar refractivity (Wildman–Crippen MR) is 118 cm³/mol. The smallest absolute Gasteiger partial charge is 0.206 e. The van der Waals surface area contributed by atoms with Gasteiger partial charge in [0, 0.05) is 11.6 Å². The minimum absolute atomic E-state index is 0.229. The Balaban J connectivity index is 1.54. The van der Waals surface area contributed by atoms with Crippen molar-refractivity contribution < 1.29 is 18.3 Å². The Morgan fingerprint density at radius 3 is 2.23 bits per heavy atom. The molecule has 0 fully saturated rings. The predicted octanol–water partition coefficient (Wildman–Crippen LogP) is 4.05. The summed E-state index contributed by atoms with van der Waals surface area (Å²) in [4.78, 5) is 0.480. The van der Waals surface area contributed by atoms with E-state index in [0.29, 0.717) is 30.3 Å². The maximum Gasteiger partial charge on any atom is 0.206 e. The summed E-state index contributed by atoms with van der Waals surface area (Å²) in [5.41, 5.74) is 1.77. The number of halogens is 1. The van der Waals surface area contributed by atoms with E-state index < -0.39 is 15.9 Å². The fourth-order valence-corrected chi connectivity index (χ4v) is 4.49. The molecule has 3 rings (SSSR count). The van der Waals surface area contributed by atoms with Crippen molar-refractivity contribution in [3.05, 3.63) is 88.9 Å². The van der Waals surface area contributed by atoms with Gasteiger partial charge < -0.3 is 15.2 Å². The number of aliphatic hydroxyl groups is 1. The largest absolute Gasteiger partial charge is 0.497 e. The Morgan fingerprint density at radius 1 is 1.00 bits per heavy atom. The van der Waals surface area contributed by atoms with Gasteiger partial charge in [-0.1, -0.05) is 35.9 Å². The number of hydrogen-bond acceptors (Lipinski definition) is 5. The van der Waals surface area contributed by atoms with Gasteiger partial charge >= 0.3 is 0 Å². The quantitative estimate of drug-likeness (QED) is 0.486. The number of nitrogens with one attached hydrogen (secondary N) is 1. The zero-order chi connectivity index (χ0) is 21.6. The van der Waals surface area contributed by atoms with Crippen molar-refractivity contribution in [3.63, 3.8) is 0 Å². The van der Waals surface area contributed by atoms with E-state index in [2.05, 4.69) is 5.32 Å². The lowest BCUT2D eigenvalue weighted by atomic mass is 10.1. The fraction of sp³-hybridized carbons (Fsp3) is 0.217. The standard InChI is InChI=1S/C23H24ClNO4S/c1-29-20-7-11-22(12-8-20)30(27,28)21-9-5-17(6-10-21)13-14-25-16-23(26)18-3-2-4-19(24)15-18/h2-12,15,23,25-26H,13-14,16H2,1H3. The lowest BCUT2D eigenvalue weighted by molar-refractivity contribution is 0.175. The Morgan fingerprint density at radius 2 is 1.63 bits per heavy atom. The number of methoxy groups -OCH3 is 1. The second kappa shape index (κ2) is 10.1. The summed E-state index contributed by atoms with van der Waals surface area (Å²) in [6.45, 7) is 1.06. The van der Waals surface area contributed by atoms with Crippen molar-refractivity contribution in [2.45, 2.75) is 22.3 Å². The first-order valence-corrected chi connectivity index (χ1v) is 11.4. The van der Waals surface area contributed by atoms with E-state index in [1.54, 1.807) is 36.4 Å². The van der Waals surface area contributed by atoms with Crippen LogP contribution in [0.2, 0.25) is 5.02 Å². The minimum Gasteiger partial charge on any atom is -0.497 e. The SMILES string of the molecule is COc1ccc(S(=O)(=O)c2ccc(CCNCC(O)c3cccc(Cl)c3)cc2)cc1. The van der Waals surface area contributed by atoms with Crippen LogP contribution in [0.25, 0.3) is 0 Å². The van der Waals surface area contributed by atoms with Gasteiger partial charge in [-0.3, -0.25) is 0 Å². The van der Waals surface area contributed by atoms with Crippen molar-refractivity contribution in [2.24, 2.45) is 0 Å². The summed E-state index contributed by atoms with van der Waals surface area (Å²) < 4.78 is 30.6. The monoisotopic (exact) mass is 445 g/mol. The average molecular weight is 446 g/mol. The molecule has 0 aliphatic rings. The van der Waals surface area contributed by atoms with Crippen molar-refractivity contribution in [1.82, 2.24) is 5.32 Å². The Bertz CT molecular complexity index is 1070. The highest BCUT2D eigenvalue weighted by atomic mass is 35.5. The third kappa shape index (κ3) is 5.61. The molecule has 30 heavy (non-hydrogen) atoms. The first-order chi connectivity index (χ1) is 14.4. The van der Waals surface area contributed by atoms with Crippen LogP contribution < -0.4 is 10.1 Å². The van der Waals surface area contributed by atoms with Crippen LogP contribution in [0.15, 0.2) is 82.6 Å². The maximum absolute atomic E-state index is 12.7. The van der Waals surface area contributed by atoms with Gasteiger partial charge in [-0.25, -0.2) is 8.42 Å². The van der Waals surface area contributed by atoms with Crippen LogP contribution in [0.3, 0.4) is 0 Å². The first kappa shape index (κ1) is 22.3. The molecule has 0 spiro atoms. The lowest BCUT2D eigenvalue weighted by Crippen LogP contribution is -2.23. The normalized spacial score (nSPS) is 12.5. The van der Waals surface area contributed by atoms with E-state index in [-0.39, 0.29) is 9.79 Å². The second-order valence-electron chi connectivity index (χ2n) is 6.85. The molecule has 0 aliphatic heterocycles. The van der Waals surface area contributed by atoms with E-state index in [9.17, 15) is 13.5 Å². The zero-order valence-corrected chi connectivity index (χ0v) is 18.2. The van der Waals surface area contributed by atoms with Crippen LogP contribution in [0.5, 0.6) is 5.75 Å². The maximum atomic E-state index is 12.7. The van der Waals surface area contributed by atoms with Crippen LogP contribution in [-0.4, -0.2) is 33.7 Å². The molecule has 0 bridgehead atoms. The lowest BCUT2D eigenvalue weighted by Gasteiger charge is -2.12. The first-order valence-electron chi connectivity index (χ1n) is 9.52. The third-order valence-corrected chi connectivity index (χ3v) is 6.79. The number of rotatable bonds is 9. The zero-order valence-electron chi connectivity index (χ0n) is 16.6. The molecule has 0 saturated carbocycles. The van der Waals surface area contributed by atoms with Gasteiger partial charge in [0.15, 0.2) is 0 Å². The highest BCUT2D eigenvalue weighted by molar-refractivity contribution is 7.91. The molecule has 7 heteroatoms. The van der Waals surface area contributed by atoms with Gasteiger partial charge in [0.25, 0.3) is 0 Å². The summed E-state index contributed by atoms with van der Waals surface area (Å²) in [5.74, 6) is 0.609. The van der Waals surface area contributed by atoms with Crippen molar-refractivity contribution in [1.29, 1.82) is 0 Å². The summed E-state index contributed by atoms with van der Waals surface area (Å²) in [6, 6.07) is 20.4. The summed E-state index contributed by atoms with van der Waals surface area (Å²) in [7, 11) is -2.03. The van der Waals surface area contributed by atoms with E-state index >= 15 is 0 Å². The molecule has 0 heterocycles. The highest BCUT2D eigenvalue weighted by Gasteiger charge is 2.17. The minimum atomic E-state index is -3.57. The molecule has 158 valence electrons. The topological polar surface area (TPSA) is 75.6 Å². The van der Waals surface area contributed by atoms with E-state index in [0.717, 1.165) is 11.1 Å². The van der Waals surface area contributed by atoms with Crippen LogP contribution in [0, 0.1) is 0 Å². The Hall–Kier alpha value is -2.38. The molecule has 0 aromatic heterocycles. The average Bonchev–Trinajstić information content (AvgIpc) is 2.77. The Kier molecular flexibility index (Phi) is 7.50. The second-order valence-corrected chi connectivity index (χ2v) is 9.23. The molecule has 3 aromatic carbocycles. The molecule has 0 radical (unpaired) electrons. The van der Waals surface area contributed by atoms with Gasteiger partial charge in [-0.2, -0.15) is 0 Å². The van der Waals surface area contributed by atoms with Gasteiger partial charge in [0.05, 0.1) is 23.0 Å². The molecular weight excluding hydrogens is 422 g/mol. The van der Waals surface area contributed by atoms with Crippen LogP contribution in [-0.2, 0) is 16.3 Å². The van der Waals surface area contributed by atoms with E-state index in [1.807, 2.05) is 24.3 Å². The van der Waals surface area contributed by atoms with E-state index in [1.165, 1.54) is 19.2 Å². The van der Waals surface area contributed by atoms with Crippen LogP contribution >= 0.6 is 11.6 Å². The van der Waals surface area contributed by atoms with Crippen molar-refractivity contribution in [2.75, 3.05) is 20.2 Å². The molecule has 0 aliphatic carbocycles. The number of hydrogen-bond donors (Lipinski definition) is 2. The van der Waals surface area contributed by atoms with E-state index in [4.69, 9.17) is 16.3 Å². The molecule has 0 amide bonds. The van der Waals surface area contributed by atoms with Crippen molar-refractivity contribution >= 4 is 21.4 Å². The summed E-state index contributed by atoms with van der Waals surface area (Å²) in [6.07, 6.45) is 0.0752. The number of ether oxygens (including phenoxy) is 1. The molecular formula is C23H24ClNO4S. The third-order valence-electron chi connectivity index (χ3n) is 4.76. The number of aliphatic hydroxyl groups excluding tert-OH is 1. The molecule has 1 atom stereocenters. The van der Waals surface area contributed by atoms with Crippen LogP contribution in [0.4, 0.5) is 0 Å². The number of benzene rings is 3. The van der Waals surface area contributed by atoms with Gasteiger partial charge in [-0.05, 0) is 72.6 Å². The molecule has 3 aromatic rings. The molecule has 1 unspecified atom stereocenters. The van der Waals surface area contributed by atoms with Gasteiger partial charge in [0.1, 0.15) is 5.75 Å². The Labute approximate surface area is 182 Å². The molecule has 0 saturated heterocycles. The van der Waals surface area contributed by atoms with Gasteiger partial charge in [-0.15, -0.1) is 0 Å².